The molecule has 0 bridgehead atoms. The first-order chi connectivity index (χ1) is 13.8. The Morgan fingerprint density at radius 2 is 1.76 bits per heavy atom. The van der Waals surface area contributed by atoms with Crippen LogP contribution in [0, 0.1) is 0 Å². The predicted molar refractivity (Wildman–Crippen MR) is 112 cm³/mol. The highest BCUT2D eigenvalue weighted by molar-refractivity contribution is 7.89. The summed E-state index contributed by atoms with van der Waals surface area (Å²) in [4.78, 5) is 14.3. The van der Waals surface area contributed by atoms with Gasteiger partial charge in [0.1, 0.15) is 0 Å². The minimum absolute atomic E-state index is 0.113. The third kappa shape index (κ3) is 5.99. The lowest BCUT2D eigenvalue weighted by molar-refractivity contribution is 0.169. The minimum atomic E-state index is -3.67. The van der Waals surface area contributed by atoms with Gasteiger partial charge in [0, 0.05) is 38.3 Å². The summed E-state index contributed by atoms with van der Waals surface area (Å²) in [5.41, 5.74) is 0. The summed E-state index contributed by atoms with van der Waals surface area (Å²) in [5.74, 6) is 0.838. The maximum Gasteiger partial charge on any atom is 0.317 e. The van der Waals surface area contributed by atoms with Crippen LogP contribution in [0.1, 0.15) is 39.5 Å². The zero-order valence-electron chi connectivity index (χ0n) is 17.8. The zero-order chi connectivity index (χ0) is 21.4. The van der Waals surface area contributed by atoms with E-state index in [0.29, 0.717) is 24.6 Å². The predicted octanol–water partition coefficient (Wildman–Crippen LogP) is 2.69. The number of nitrogens with zero attached hydrogens (tertiary/aromatic N) is 2. The molecule has 0 saturated carbocycles. The number of unbranched alkanes of at least 4 members (excludes halogenated alkanes) is 2. The average Bonchev–Trinajstić information content (AvgIpc) is 2.73. The van der Waals surface area contributed by atoms with Crippen LogP contribution in [-0.4, -0.2) is 70.1 Å². The van der Waals surface area contributed by atoms with Gasteiger partial charge in [-0.25, -0.2) is 13.2 Å². The van der Waals surface area contributed by atoms with Crippen molar-refractivity contribution in [3.63, 3.8) is 0 Å². The summed E-state index contributed by atoms with van der Waals surface area (Å²) in [6, 6.07) is 4.54. The van der Waals surface area contributed by atoms with E-state index in [1.54, 1.807) is 11.0 Å². The van der Waals surface area contributed by atoms with E-state index in [9.17, 15) is 13.2 Å². The zero-order valence-corrected chi connectivity index (χ0v) is 18.6. The van der Waals surface area contributed by atoms with Crippen LogP contribution in [0.5, 0.6) is 11.5 Å². The summed E-state index contributed by atoms with van der Waals surface area (Å²) in [5, 5.41) is 3.01. The SMILES string of the molecule is CCCCCC(C)NC(=O)N1CCN(S(=O)(=O)c2ccc(OC)c(OC)c2)CC1. The number of amides is 2. The molecule has 1 atom stereocenters. The number of sulfonamides is 1. The van der Waals surface area contributed by atoms with Gasteiger partial charge in [-0.15, -0.1) is 0 Å². The lowest BCUT2D eigenvalue weighted by atomic mass is 10.1. The van der Waals surface area contributed by atoms with Crippen molar-refractivity contribution in [3.8, 4) is 11.5 Å². The van der Waals surface area contributed by atoms with E-state index in [4.69, 9.17) is 9.47 Å². The number of carbonyl (C=O) groups is 1. The molecular weight excluding hydrogens is 394 g/mol. The number of rotatable bonds is 9. The van der Waals surface area contributed by atoms with Crippen molar-refractivity contribution >= 4 is 16.1 Å². The molecule has 1 aliphatic rings. The molecule has 8 nitrogen and oxygen atoms in total. The number of piperazine rings is 1. The Labute approximate surface area is 174 Å². The Kier molecular flexibility index (Phi) is 8.58. The molecule has 164 valence electrons. The highest BCUT2D eigenvalue weighted by atomic mass is 32.2. The van der Waals surface area contributed by atoms with Crippen molar-refractivity contribution in [1.29, 1.82) is 0 Å². The Morgan fingerprint density at radius 1 is 1.10 bits per heavy atom. The van der Waals surface area contributed by atoms with E-state index in [1.165, 1.54) is 30.7 Å². The van der Waals surface area contributed by atoms with Crippen molar-refractivity contribution in [2.45, 2.75) is 50.5 Å². The van der Waals surface area contributed by atoms with E-state index < -0.39 is 10.0 Å². The van der Waals surface area contributed by atoms with Gasteiger partial charge in [0.2, 0.25) is 10.0 Å². The van der Waals surface area contributed by atoms with Gasteiger partial charge >= 0.3 is 6.03 Å². The van der Waals surface area contributed by atoms with Gasteiger partial charge in [-0.1, -0.05) is 26.2 Å². The van der Waals surface area contributed by atoms with Gasteiger partial charge in [0.05, 0.1) is 19.1 Å². The standard InChI is InChI=1S/C20H33N3O5S/c1-5-6-7-8-16(2)21-20(24)22-11-13-23(14-12-22)29(25,26)17-9-10-18(27-3)19(15-17)28-4/h9-10,15-16H,5-8,11-14H2,1-4H3,(H,21,24). The van der Waals surface area contributed by atoms with Crippen molar-refractivity contribution < 1.29 is 22.7 Å². The molecule has 1 aromatic rings. The Morgan fingerprint density at radius 3 is 2.34 bits per heavy atom. The topological polar surface area (TPSA) is 88.2 Å². The molecule has 9 heteroatoms. The molecule has 1 unspecified atom stereocenters. The molecule has 1 aliphatic heterocycles. The molecule has 1 N–H and O–H groups in total. The quantitative estimate of drug-likeness (QED) is 0.612. The fourth-order valence-electron chi connectivity index (χ4n) is 3.33. The first-order valence-electron chi connectivity index (χ1n) is 10.1. The number of carbonyl (C=O) groups excluding carboxylic acids is 1. The highest BCUT2D eigenvalue weighted by Gasteiger charge is 2.31. The Hall–Kier alpha value is -2.00. The molecule has 1 saturated heterocycles. The molecule has 0 aliphatic carbocycles. The third-order valence-electron chi connectivity index (χ3n) is 5.13. The van der Waals surface area contributed by atoms with E-state index in [-0.39, 0.29) is 30.1 Å². The second-order valence-corrected chi connectivity index (χ2v) is 9.19. The molecule has 2 rings (SSSR count). The molecule has 29 heavy (non-hydrogen) atoms. The number of ether oxygens (including phenoxy) is 2. The molecule has 0 radical (unpaired) electrons. The number of methoxy groups -OCH3 is 2. The van der Waals surface area contributed by atoms with Crippen molar-refractivity contribution in [3.05, 3.63) is 18.2 Å². The van der Waals surface area contributed by atoms with Crippen LogP contribution >= 0.6 is 0 Å². The van der Waals surface area contributed by atoms with Crippen LogP contribution in [-0.2, 0) is 10.0 Å². The maximum atomic E-state index is 13.0. The van der Waals surface area contributed by atoms with Gasteiger partial charge in [-0.2, -0.15) is 4.31 Å². The number of benzene rings is 1. The van der Waals surface area contributed by atoms with Gasteiger partial charge in [0.25, 0.3) is 0 Å². The Bertz CT molecular complexity index is 776. The Balaban J connectivity index is 1.95. The monoisotopic (exact) mass is 427 g/mol. The van der Waals surface area contributed by atoms with Crippen LogP contribution in [0.25, 0.3) is 0 Å². The molecule has 0 spiro atoms. The van der Waals surface area contributed by atoms with Gasteiger partial charge in [-0.05, 0) is 25.5 Å². The second-order valence-electron chi connectivity index (χ2n) is 7.25. The average molecular weight is 428 g/mol. The lowest BCUT2D eigenvalue weighted by Crippen LogP contribution is -2.54. The number of hydrogen-bond acceptors (Lipinski definition) is 5. The number of urea groups is 1. The fourth-order valence-corrected chi connectivity index (χ4v) is 4.77. The van der Waals surface area contributed by atoms with Crippen LogP contribution in [0.15, 0.2) is 23.1 Å². The largest absolute Gasteiger partial charge is 0.493 e. The third-order valence-corrected chi connectivity index (χ3v) is 7.02. The van der Waals surface area contributed by atoms with Crippen molar-refractivity contribution in [1.82, 2.24) is 14.5 Å². The minimum Gasteiger partial charge on any atom is -0.493 e. The first-order valence-corrected chi connectivity index (χ1v) is 11.5. The van der Waals surface area contributed by atoms with Gasteiger partial charge in [-0.3, -0.25) is 0 Å². The molecule has 0 aromatic heterocycles. The van der Waals surface area contributed by atoms with Gasteiger partial charge in [0.15, 0.2) is 11.5 Å². The summed E-state index contributed by atoms with van der Waals surface area (Å²) < 4.78 is 37.7. The molecule has 1 fully saturated rings. The van der Waals surface area contributed by atoms with Crippen LogP contribution < -0.4 is 14.8 Å². The summed E-state index contributed by atoms with van der Waals surface area (Å²) >= 11 is 0. The molecular formula is C20H33N3O5S. The van der Waals surface area contributed by atoms with Crippen LogP contribution in [0.3, 0.4) is 0 Å². The van der Waals surface area contributed by atoms with E-state index in [2.05, 4.69) is 12.2 Å². The molecule has 2 amide bonds. The fraction of sp³-hybridized carbons (Fsp3) is 0.650. The van der Waals surface area contributed by atoms with E-state index in [0.717, 1.165) is 25.7 Å². The van der Waals surface area contributed by atoms with Crippen LogP contribution in [0.4, 0.5) is 4.79 Å². The molecule has 1 aromatic carbocycles. The summed E-state index contributed by atoms with van der Waals surface area (Å²) in [6.07, 6.45) is 4.35. The van der Waals surface area contributed by atoms with Crippen molar-refractivity contribution in [2.24, 2.45) is 0 Å². The van der Waals surface area contributed by atoms with E-state index >= 15 is 0 Å². The van der Waals surface area contributed by atoms with Crippen LogP contribution in [0.2, 0.25) is 0 Å². The lowest BCUT2D eigenvalue weighted by Gasteiger charge is -2.34. The number of hydrogen-bond donors (Lipinski definition) is 1. The summed E-state index contributed by atoms with van der Waals surface area (Å²) in [7, 11) is -0.699. The smallest absolute Gasteiger partial charge is 0.317 e. The second kappa shape index (κ2) is 10.7. The summed E-state index contributed by atoms with van der Waals surface area (Å²) in [6.45, 7) is 5.40. The van der Waals surface area contributed by atoms with E-state index in [1.807, 2.05) is 6.92 Å². The number of nitrogens with one attached hydrogen (secondary N) is 1. The maximum absolute atomic E-state index is 13.0. The normalized spacial score (nSPS) is 16.3. The van der Waals surface area contributed by atoms with Gasteiger partial charge < -0.3 is 19.7 Å². The highest BCUT2D eigenvalue weighted by Crippen LogP contribution is 2.30. The molecule has 1 heterocycles. The first kappa shape index (κ1) is 23.3. The van der Waals surface area contributed by atoms with Crippen molar-refractivity contribution in [2.75, 3.05) is 40.4 Å².